The lowest BCUT2D eigenvalue weighted by atomic mass is 9.97. The predicted octanol–water partition coefficient (Wildman–Crippen LogP) is 8.45. The zero-order valence-corrected chi connectivity index (χ0v) is 19.5. The maximum Gasteiger partial charge on any atom is 0.156 e. The fourth-order valence-corrected chi connectivity index (χ4v) is 5.65. The van der Waals surface area contributed by atoms with Crippen molar-refractivity contribution in [2.75, 3.05) is 10.2 Å². The van der Waals surface area contributed by atoms with Crippen LogP contribution in [0.1, 0.15) is 5.56 Å². The third kappa shape index (κ3) is 3.85. The van der Waals surface area contributed by atoms with Crippen molar-refractivity contribution < 1.29 is 0 Å². The van der Waals surface area contributed by atoms with Crippen LogP contribution in [0.2, 0.25) is 0 Å². The molecule has 0 saturated heterocycles. The zero-order valence-electron chi connectivity index (χ0n) is 18.6. The van der Waals surface area contributed by atoms with E-state index in [1.807, 2.05) is 0 Å². The molecule has 5 aromatic carbocycles. The van der Waals surface area contributed by atoms with Gasteiger partial charge in [0, 0.05) is 16.9 Å². The standard InChI is InChI=1S/C31H24N2S/c1-3-13-24(14-4-1)30-22-34-31(33(30)25-16-5-2-6-17-25)32-29-21-10-9-19-28(29)27-20-11-15-23-12-7-8-18-26(23)27/h1-22,31-32H. The molecule has 0 spiro atoms. The number of anilines is 2. The van der Waals surface area contributed by atoms with Crippen LogP contribution in [-0.2, 0) is 0 Å². The van der Waals surface area contributed by atoms with Crippen molar-refractivity contribution in [1.29, 1.82) is 0 Å². The Morgan fingerprint density at radius 2 is 1.24 bits per heavy atom. The molecule has 1 atom stereocenters. The molecule has 0 amide bonds. The molecule has 164 valence electrons. The van der Waals surface area contributed by atoms with Crippen LogP contribution in [0.5, 0.6) is 0 Å². The van der Waals surface area contributed by atoms with E-state index in [1.165, 1.54) is 38.8 Å². The molecule has 0 aromatic heterocycles. The average molecular weight is 457 g/mol. The molecule has 1 aliphatic rings. The second-order valence-corrected chi connectivity index (χ2v) is 9.23. The molecule has 5 aromatic rings. The molecular weight excluding hydrogens is 432 g/mol. The van der Waals surface area contributed by atoms with Gasteiger partial charge in [-0.1, -0.05) is 121 Å². The van der Waals surface area contributed by atoms with Crippen molar-refractivity contribution in [2.45, 2.75) is 5.50 Å². The van der Waals surface area contributed by atoms with Crippen molar-refractivity contribution in [3.8, 4) is 11.1 Å². The largest absolute Gasteiger partial charge is 0.356 e. The van der Waals surface area contributed by atoms with E-state index in [0.717, 1.165) is 5.69 Å². The summed E-state index contributed by atoms with van der Waals surface area (Å²) in [4.78, 5) is 2.39. The first-order valence-electron chi connectivity index (χ1n) is 11.5. The van der Waals surface area contributed by atoms with Gasteiger partial charge in [-0.15, -0.1) is 0 Å². The number of hydrogen-bond acceptors (Lipinski definition) is 3. The number of benzene rings is 5. The molecule has 1 unspecified atom stereocenters. The molecular formula is C31H24N2S. The molecule has 34 heavy (non-hydrogen) atoms. The molecule has 1 N–H and O–H groups in total. The minimum atomic E-state index is 0.0359. The second-order valence-electron chi connectivity index (χ2n) is 8.28. The van der Waals surface area contributed by atoms with E-state index in [9.17, 15) is 0 Å². The van der Waals surface area contributed by atoms with Gasteiger partial charge in [0.25, 0.3) is 0 Å². The quantitative estimate of drug-likeness (QED) is 0.286. The molecule has 0 radical (unpaired) electrons. The van der Waals surface area contributed by atoms with Crippen LogP contribution in [0, 0.1) is 0 Å². The monoisotopic (exact) mass is 456 g/mol. The van der Waals surface area contributed by atoms with E-state index < -0.39 is 0 Å². The maximum absolute atomic E-state index is 3.86. The normalized spacial score (nSPS) is 15.4. The summed E-state index contributed by atoms with van der Waals surface area (Å²) in [5, 5.41) is 8.64. The van der Waals surface area contributed by atoms with Crippen LogP contribution in [0.3, 0.4) is 0 Å². The highest BCUT2D eigenvalue weighted by Crippen LogP contribution is 2.42. The van der Waals surface area contributed by atoms with Gasteiger partial charge >= 0.3 is 0 Å². The number of nitrogens with zero attached hydrogens (tertiary/aromatic N) is 1. The minimum absolute atomic E-state index is 0.0359. The highest BCUT2D eigenvalue weighted by Gasteiger charge is 2.29. The first kappa shape index (κ1) is 20.6. The lowest BCUT2D eigenvalue weighted by Crippen LogP contribution is -2.34. The summed E-state index contributed by atoms with van der Waals surface area (Å²) in [5.74, 6) is 0. The molecule has 3 heteroatoms. The van der Waals surface area contributed by atoms with Gasteiger partial charge in [0.05, 0.1) is 5.70 Å². The van der Waals surface area contributed by atoms with Crippen LogP contribution >= 0.6 is 11.8 Å². The topological polar surface area (TPSA) is 15.3 Å². The predicted molar refractivity (Wildman–Crippen MR) is 148 cm³/mol. The highest BCUT2D eigenvalue weighted by atomic mass is 32.2. The van der Waals surface area contributed by atoms with Crippen LogP contribution in [-0.4, -0.2) is 5.50 Å². The summed E-state index contributed by atoms with van der Waals surface area (Å²) >= 11 is 1.80. The third-order valence-corrected chi connectivity index (χ3v) is 7.14. The number of thioether (sulfide) groups is 1. The molecule has 1 heterocycles. The van der Waals surface area contributed by atoms with Gasteiger partial charge < -0.3 is 10.2 Å². The van der Waals surface area contributed by atoms with Crippen molar-refractivity contribution in [1.82, 2.24) is 0 Å². The highest BCUT2D eigenvalue weighted by molar-refractivity contribution is 8.03. The zero-order chi connectivity index (χ0) is 22.7. The maximum atomic E-state index is 3.86. The van der Waals surface area contributed by atoms with Crippen LogP contribution < -0.4 is 10.2 Å². The van der Waals surface area contributed by atoms with Gasteiger partial charge in [-0.05, 0) is 45.5 Å². The Bertz CT molecular complexity index is 1460. The SMILES string of the molecule is C1=C(c2ccccc2)N(c2ccccc2)C(Nc2ccccc2-c2cccc3ccccc23)S1. The van der Waals surface area contributed by atoms with Crippen LogP contribution in [0.4, 0.5) is 11.4 Å². The Morgan fingerprint density at radius 1 is 0.588 bits per heavy atom. The molecule has 0 bridgehead atoms. The Balaban J connectivity index is 1.40. The summed E-state index contributed by atoms with van der Waals surface area (Å²) in [6.07, 6.45) is 0. The number of rotatable bonds is 5. The lowest BCUT2D eigenvalue weighted by molar-refractivity contribution is 0.995. The van der Waals surface area contributed by atoms with E-state index >= 15 is 0 Å². The Hall–Kier alpha value is -3.95. The van der Waals surface area contributed by atoms with Crippen molar-refractivity contribution in [3.63, 3.8) is 0 Å². The van der Waals surface area contributed by atoms with Gasteiger partial charge in [0.2, 0.25) is 0 Å². The van der Waals surface area contributed by atoms with Gasteiger partial charge in [-0.3, -0.25) is 0 Å². The molecule has 6 rings (SSSR count). The summed E-state index contributed by atoms with van der Waals surface area (Å²) in [6.45, 7) is 0. The van der Waals surface area contributed by atoms with Gasteiger partial charge in [-0.25, -0.2) is 0 Å². The molecule has 0 fully saturated rings. The summed E-state index contributed by atoms with van der Waals surface area (Å²) < 4.78 is 0. The van der Waals surface area contributed by atoms with Crippen LogP contribution in [0.25, 0.3) is 27.6 Å². The Labute approximate surface area is 204 Å². The Morgan fingerprint density at radius 3 is 2.09 bits per heavy atom. The molecule has 0 saturated carbocycles. The first-order valence-corrected chi connectivity index (χ1v) is 12.4. The summed E-state index contributed by atoms with van der Waals surface area (Å²) in [6, 6.07) is 45.0. The Kier molecular flexibility index (Phi) is 5.54. The first-order chi connectivity index (χ1) is 16.9. The third-order valence-electron chi connectivity index (χ3n) is 6.19. The van der Waals surface area contributed by atoms with Gasteiger partial charge in [-0.2, -0.15) is 0 Å². The van der Waals surface area contributed by atoms with E-state index in [1.54, 1.807) is 11.8 Å². The van der Waals surface area contributed by atoms with Gasteiger partial charge in [0.1, 0.15) is 0 Å². The number of hydrogen-bond donors (Lipinski definition) is 1. The molecule has 0 aliphatic carbocycles. The fraction of sp³-hybridized carbons (Fsp3) is 0.0323. The van der Waals surface area contributed by atoms with Crippen molar-refractivity contribution >= 4 is 39.6 Å². The molecule has 2 nitrogen and oxygen atoms in total. The smallest absolute Gasteiger partial charge is 0.156 e. The van der Waals surface area contributed by atoms with E-state index in [-0.39, 0.29) is 5.50 Å². The number of para-hydroxylation sites is 2. The fourth-order valence-electron chi connectivity index (χ4n) is 4.59. The van der Waals surface area contributed by atoms with E-state index in [4.69, 9.17) is 0 Å². The number of fused-ring (bicyclic) bond motifs is 1. The van der Waals surface area contributed by atoms with Crippen LogP contribution in [0.15, 0.2) is 133 Å². The minimum Gasteiger partial charge on any atom is -0.356 e. The number of nitrogens with one attached hydrogen (secondary N) is 1. The van der Waals surface area contributed by atoms with Crippen molar-refractivity contribution in [2.24, 2.45) is 0 Å². The van der Waals surface area contributed by atoms with Crippen molar-refractivity contribution in [3.05, 3.63) is 138 Å². The second kappa shape index (κ2) is 9.12. The van der Waals surface area contributed by atoms with Gasteiger partial charge in [0.15, 0.2) is 5.50 Å². The lowest BCUT2D eigenvalue weighted by Gasteiger charge is -2.31. The average Bonchev–Trinajstić information content (AvgIpc) is 3.33. The van der Waals surface area contributed by atoms with E-state index in [2.05, 4.69) is 143 Å². The van der Waals surface area contributed by atoms with E-state index in [0.29, 0.717) is 0 Å². The molecule has 1 aliphatic heterocycles. The summed E-state index contributed by atoms with van der Waals surface area (Å²) in [7, 11) is 0. The summed E-state index contributed by atoms with van der Waals surface area (Å²) in [5.41, 5.74) is 7.20.